The van der Waals surface area contributed by atoms with Crippen LogP contribution in [0.2, 0.25) is 0 Å². The van der Waals surface area contributed by atoms with Crippen molar-refractivity contribution in [1.29, 1.82) is 0 Å². The van der Waals surface area contributed by atoms with Crippen molar-refractivity contribution >= 4 is 29.3 Å². The summed E-state index contributed by atoms with van der Waals surface area (Å²) in [6.45, 7) is 3.66. The van der Waals surface area contributed by atoms with Crippen LogP contribution in [-0.4, -0.2) is 43.5 Å². The van der Waals surface area contributed by atoms with E-state index in [9.17, 15) is 14.4 Å². The normalized spacial score (nSPS) is 17.5. The molecular formula is C27H42ClNO5. The number of halogens is 1. The fourth-order valence-electron chi connectivity index (χ4n) is 3.93. The quantitative estimate of drug-likeness (QED) is 0.153. The molecule has 2 atom stereocenters. The monoisotopic (exact) mass is 495 g/mol. The molecule has 192 valence electrons. The number of carbonyl (C=O) groups excluding carboxylic acids is 3. The number of nitrogens with one attached hydrogen (secondary N) is 1. The third-order valence-corrected chi connectivity index (χ3v) is 6.18. The van der Waals surface area contributed by atoms with Gasteiger partial charge in [0.2, 0.25) is 11.7 Å². The zero-order valence-electron chi connectivity index (χ0n) is 21.1. The molecule has 0 fully saturated rings. The minimum Gasteiger partial charge on any atom is -0.454 e. The molecule has 6 nitrogen and oxygen atoms in total. The molecule has 0 aromatic heterocycles. The van der Waals surface area contributed by atoms with E-state index < -0.39 is 12.1 Å². The van der Waals surface area contributed by atoms with E-state index >= 15 is 0 Å². The summed E-state index contributed by atoms with van der Waals surface area (Å²) in [5, 5.41) is 2.82. The van der Waals surface area contributed by atoms with Crippen LogP contribution in [0.25, 0.3) is 0 Å². The summed E-state index contributed by atoms with van der Waals surface area (Å²) in [5.41, 5.74) is 2.23. The van der Waals surface area contributed by atoms with Crippen molar-refractivity contribution in [2.75, 3.05) is 13.7 Å². The lowest BCUT2D eigenvalue weighted by Gasteiger charge is -2.22. The minimum absolute atomic E-state index is 0.114. The third-order valence-electron chi connectivity index (χ3n) is 5.91. The first kappa shape index (κ1) is 30.1. The van der Waals surface area contributed by atoms with Gasteiger partial charge in [-0.3, -0.25) is 14.4 Å². The van der Waals surface area contributed by atoms with Crippen molar-refractivity contribution < 1.29 is 23.9 Å². The van der Waals surface area contributed by atoms with Gasteiger partial charge in [0.25, 0.3) is 0 Å². The average molecular weight is 496 g/mol. The largest absolute Gasteiger partial charge is 0.454 e. The Labute approximate surface area is 210 Å². The molecule has 0 heterocycles. The number of carbonyl (C=O) groups is 3. The van der Waals surface area contributed by atoms with Crippen molar-refractivity contribution in [2.24, 2.45) is 0 Å². The molecule has 0 unspecified atom stereocenters. The fraction of sp³-hybridized carbons (Fsp3) is 0.667. The van der Waals surface area contributed by atoms with Crippen LogP contribution in [0.4, 0.5) is 0 Å². The summed E-state index contributed by atoms with van der Waals surface area (Å²) >= 11 is 5.92. The van der Waals surface area contributed by atoms with E-state index in [0.717, 1.165) is 12.8 Å². The van der Waals surface area contributed by atoms with E-state index in [-0.39, 0.29) is 24.3 Å². The van der Waals surface area contributed by atoms with Gasteiger partial charge in [-0.2, -0.15) is 0 Å². The van der Waals surface area contributed by atoms with Crippen LogP contribution in [0.15, 0.2) is 34.9 Å². The van der Waals surface area contributed by atoms with Gasteiger partial charge >= 0.3 is 5.97 Å². The molecule has 0 spiro atoms. The number of esters is 1. The molecule has 0 saturated carbocycles. The maximum Gasteiger partial charge on any atom is 0.303 e. The van der Waals surface area contributed by atoms with E-state index in [4.69, 9.17) is 21.1 Å². The van der Waals surface area contributed by atoms with Crippen molar-refractivity contribution in [3.8, 4) is 0 Å². The molecule has 7 heteroatoms. The van der Waals surface area contributed by atoms with E-state index in [2.05, 4.69) is 18.3 Å². The highest BCUT2D eigenvalue weighted by atomic mass is 35.5. The summed E-state index contributed by atoms with van der Waals surface area (Å²) < 4.78 is 10.7. The number of unbranched alkanes of at least 4 members (excludes halogenated alkanes) is 5. The smallest absolute Gasteiger partial charge is 0.303 e. The third kappa shape index (κ3) is 12.5. The Morgan fingerprint density at radius 2 is 1.94 bits per heavy atom. The van der Waals surface area contributed by atoms with Crippen LogP contribution in [0, 0.1) is 0 Å². The van der Waals surface area contributed by atoms with Crippen molar-refractivity contribution in [3.63, 3.8) is 0 Å². The topological polar surface area (TPSA) is 81.7 Å². The number of ether oxygens (including phenoxy) is 2. The fourth-order valence-corrected chi connectivity index (χ4v) is 4.12. The summed E-state index contributed by atoms with van der Waals surface area (Å²) in [6, 6.07) is 0. The lowest BCUT2D eigenvalue weighted by atomic mass is 9.90. The van der Waals surface area contributed by atoms with Crippen LogP contribution in [0.3, 0.4) is 0 Å². The zero-order chi connectivity index (χ0) is 25.2. The Hall–Kier alpha value is -1.92. The molecule has 1 amide bonds. The van der Waals surface area contributed by atoms with Crippen LogP contribution < -0.4 is 5.32 Å². The van der Waals surface area contributed by atoms with Gasteiger partial charge in [0.15, 0.2) is 6.10 Å². The summed E-state index contributed by atoms with van der Waals surface area (Å²) in [6.07, 6.45) is 16.9. The molecular weight excluding hydrogens is 454 g/mol. The van der Waals surface area contributed by atoms with E-state index in [0.29, 0.717) is 36.8 Å². The van der Waals surface area contributed by atoms with Crippen molar-refractivity contribution in [1.82, 2.24) is 5.32 Å². The lowest BCUT2D eigenvalue weighted by Crippen LogP contribution is -2.33. The number of methoxy groups -OCH3 is 1. The first-order valence-corrected chi connectivity index (χ1v) is 13.0. The molecule has 1 aliphatic carbocycles. The standard InChI is InChI=1S/C27H42ClNO5/c1-4-5-6-7-8-10-14-23(33-3)15-11-9-12-18-26(31)29-20-22(19-28)24-16-13-17-25(27(24)32)34-21(2)30/h9,11,16,19,23,25H,4-8,10,12-15,17-18,20H2,1-3H3,(H,29,31)/b11-9+,22-19-/t23-,25+/m0/s1. The molecule has 0 bridgehead atoms. The lowest BCUT2D eigenvalue weighted by molar-refractivity contribution is -0.152. The number of amides is 1. The summed E-state index contributed by atoms with van der Waals surface area (Å²) in [4.78, 5) is 36.0. The highest BCUT2D eigenvalue weighted by Gasteiger charge is 2.29. The van der Waals surface area contributed by atoms with Gasteiger partial charge in [-0.25, -0.2) is 0 Å². The second-order valence-corrected chi connectivity index (χ2v) is 8.95. The molecule has 0 radical (unpaired) electrons. The van der Waals surface area contributed by atoms with Crippen LogP contribution in [-0.2, 0) is 23.9 Å². The van der Waals surface area contributed by atoms with Gasteiger partial charge in [0, 0.05) is 38.1 Å². The SMILES string of the molecule is CCCCCCCC[C@@H](C/C=C/CCC(=O)NC/C(=C/Cl)C1=CCC[C@@H](OC(C)=O)C1=O)OC. The Morgan fingerprint density at radius 3 is 2.62 bits per heavy atom. The molecule has 1 N–H and O–H groups in total. The molecule has 34 heavy (non-hydrogen) atoms. The zero-order valence-corrected chi connectivity index (χ0v) is 21.8. The van der Waals surface area contributed by atoms with Gasteiger partial charge in [-0.1, -0.05) is 75.3 Å². The average Bonchev–Trinajstić information content (AvgIpc) is 2.81. The number of ketones is 1. The van der Waals surface area contributed by atoms with Crippen LogP contribution in [0.5, 0.6) is 0 Å². The van der Waals surface area contributed by atoms with Crippen LogP contribution in [0.1, 0.15) is 90.9 Å². The second kappa shape index (κ2) is 18.4. The van der Waals surface area contributed by atoms with E-state index in [1.807, 2.05) is 6.08 Å². The predicted octanol–water partition coefficient (Wildman–Crippen LogP) is 5.94. The number of allylic oxidation sites excluding steroid dienone is 2. The molecule has 1 aliphatic rings. The Balaban J connectivity index is 2.31. The van der Waals surface area contributed by atoms with Crippen molar-refractivity contribution in [2.45, 2.75) is 103 Å². The second-order valence-electron chi connectivity index (χ2n) is 8.73. The maximum absolute atomic E-state index is 12.6. The number of hydrogen-bond donors (Lipinski definition) is 1. The van der Waals surface area contributed by atoms with Crippen molar-refractivity contribution in [3.05, 3.63) is 34.9 Å². The van der Waals surface area contributed by atoms with Gasteiger partial charge in [-0.15, -0.1) is 0 Å². The molecule has 0 aromatic carbocycles. The Bertz CT molecular complexity index is 729. The molecule has 0 aromatic rings. The van der Waals surface area contributed by atoms with Gasteiger partial charge in [0.05, 0.1) is 6.10 Å². The molecule has 0 saturated heterocycles. The summed E-state index contributed by atoms with van der Waals surface area (Å²) in [7, 11) is 1.76. The molecule has 0 aliphatic heterocycles. The first-order valence-electron chi connectivity index (χ1n) is 12.6. The number of Topliss-reactive ketones (excluding diaryl/α,β-unsaturated/α-hetero) is 1. The van der Waals surface area contributed by atoms with E-state index in [1.165, 1.54) is 51.0 Å². The minimum atomic E-state index is -0.790. The van der Waals surface area contributed by atoms with Gasteiger partial charge < -0.3 is 14.8 Å². The Kier molecular flexibility index (Phi) is 16.3. The molecule has 1 rings (SSSR count). The first-order chi connectivity index (χ1) is 16.4. The number of rotatable bonds is 17. The Morgan fingerprint density at radius 1 is 1.21 bits per heavy atom. The van der Waals surface area contributed by atoms with E-state index in [1.54, 1.807) is 13.2 Å². The summed E-state index contributed by atoms with van der Waals surface area (Å²) in [5.74, 6) is -0.882. The number of hydrogen-bond acceptors (Lipinski definition) is 5. The van der Waals surface area contributed by atoms with Gasteiger partial charge in [0.1, 0.15) is 0 Å². The van der Waals surface area contributed by atoms with Gasteiger partial charge in [-0.05, 0) is 37.7 Å². The highest BCUT2D eigenvalue weighted by Crippen LogP contribution is 2.24. The van der Waals surface area contributed by atoms with Crippen LogP contribution >= 0.6 is 11.6 Å². The maximum atomic E-state index is 12.6. The predicted molar refractivity (Wildman–Crippen MR) is 137 cm³/mol. The highest BCUT2D eigenvalue weighted by molar-refractivity contribution is 6.26.